The second kappa shape index (κ2) is 13.7. The van der Waals surface area contributed by atoms with E-state index in [0.717, 1.165) is 21.8 Å². The molecule has 3 aromatic carbocycles. The molecule has 14 heteroatoms. The van der Waals surface area contributed by atoms with E-state index in [1.54, 1.807) is 42.5 Å². The highest BCUT2D eigenvalue weighted by Gasteiger charge is 2.24. The van der Waals surface area contributed by atoms with Gasteiger partial charge in [0, 0.05) is 50.3 Å². The monoisotopic (exact) mass is 659 g/mol. The predicted molar refractivity (Wildman–Crippen MR) is 180 cm³/mol. The molecule has 1 aliphatic heterocycles. The summed E-state index contributed by atoms with van der Waals surface area (Å²) in [6, 6.07) is 22.8. The molecule has 1 fully saturated rings. The molecule has 0 spiro atoms. The van der Waals surface area contributed by atoms with Crippen molar-refractivity contribution >= 4 is 65.5 Å². The second-order valence-corrected chi connectivity index (χ2v) is 13.2. The first-order valence-corrected chi connectivity index (χ1v) is 16.9. The minimum atomic E-state index is -3.94. The zero-order valence-corrected chi connectivity index (χ0v) is 26.6. The number of fused-ring (bicyclic) bond motifs is 1. The van der Waals surface area contributed by atoms with Crippen LogP contribution >= 0.6 is 11.3 Å². The SMILES string of the molecule is COc1ccc(Nc2cccc3nc(NS(=O)(=O)c4ccc(Nc5ncccc5C(=O)N5CCN(CCO)CC5)cc4)sc23)cc1. The smallest absolute Gasteiger partial charge is 0.263 e. The number of amides is 1. The Morgan fingerprint density at radius 2 is 1.65 bits per heavy atom. The van der Waals surface area contributed by atoms with E-state index in [9.17, 15) is 18.3 Å². The number of ether oxygens (including phenoxy) is 1. The lowest BCUT2D eigenvalue weighted by atomic mass is 10.2. The highest BCUT2D eigenvalue weighted by atomic mass is 32.2. The largest absolute Gasteiger partial charge is 0.497 e. The molecule has 238 valence electrons. The average molecular weight is 660 g/mol. The van der Waals surface area contributed by atoms with Crippen molar-refractivity contribution in [2.24, 2.45) is 0 Å². The maximum Gasteiger partial charge on any atom is 0.263 e. The molecular formula is C32H33N7O5S2. The van der Waals surface area contributed by atoms with Crippen molar-refractivity contribution < 1.29 is 23.1 Å². The number of rotatable bonds is 11. The number of anilines is 5. The maximum absolute atomic E-state index is 13.3. The normalized spacial score (nSPS) is 13.8. The van der Waals surface area contributed by atoms with Crippen LogP contribution in [0.1, 0.15) is 10.4 Å². The van der Waals surface area contributed by atoms with Crippen LogP contribution in [0.15, 0.2) is 90.0 Å². The number of aromatic nitrogens is 2. The molecule has 2 aromatic heterocycles. The van der Waals surface area contributed by atoms with Gasteiger partial charge in [-0.15, -0.1) is 0 Å². The van der Waals surface area contributed by atoms with Crippen LogP contribution in [0.5, 0.6) is 5.75 Å². The van der Waals surface area contributed by atoms with Crippen LogP contribution in [0.2, 0.25) is 0 Å². The quantitative estimate of drug-likeness (QED) is 0.157. The fraction of sp³-hybridized carbons (Fsp3) is 0.219. The first-order valence-electron chi connectivity index (χ1n) is 14.6. The summed E-state index contributed by atoms with van der Waals surface area (Å²) >= 11 is 1.24. The van der Waals surface area contributed by atoms with Crippen molar-refractivity contribution in [1.29, 1.82) is 0 Å². The Morgan fingerprint density at radius 3 is 2.37 bits per heavy atom. The number of carbonyl (C=O) groups excluding carboxylic acids is 1. The maximum atomic E-state index is 13.3. The van der Waals surface area contributed by atoms with Crippen molar-refractivity contribution in [1.82, 2.24) is 19.8 Å². The summed E-state index contributed by atoms with van der Waals surface area (Å²) in [6.07, 6.45) is 1.59. The first-order chi connectivity index (χ1) is 22.3. The van der Waals surface area contributed by atoms with E-state index in [4.69, 9.17) is 4.74 Å². The van der Waals surface area contributed by atoms with Crippen LogP contribution in [-0.4, -0.2) is 85.6 Å². The Hall–Kier alpha value is -4.76. The van der Waals surface area contributed by atoms with Crippen LogP contribution in [0.4, 0.5) is 28.0 Å². The van der Waals surface area contributed by atoms with E-state index >= 15 is 0 Å². The third kappa shape index (κ3) is 7.05. The lowest BCUT2D eigenvalue weighted by molar-refractivity contribution is 0.0615. The van der Waals surface area contributed by atoms with Crippen molar-refractivity contribution in [3.8, 4) is 5.75 Å². The van der Waals surface area contributed by atoms with Gasteiger partial charge in [0.15, 0.2) is 5.13 Å². The van der Waals surface area contributed by atoms with Crippen LogP contribution in [0.25, 0.3) is 10.2 Å². The van der Waals surface area contributed by atoms with Gasteiger partial charge in [-0.2, -0.15) is 0 Å². The number of thiazole rings is 1. The van der Waals surface area contributed by atoms with Gasteiger partial charge in [0.2, 0.25) is 0 Å². The number of β-amino-alcohol motifs (C(OH)–C–C–N with tert-alkyl or cyclic N) is 1. The van der Waals surface area contributed by atoms with Gasteiger partial charge in [-0.3, -0.25) is 14.4 Å². The fourth-order valence-corrected chi connectivity index (χ4v) is 7.28. The Morgan fingerprint density at radius 1 is 0.935 bits per heavy atom. The molecule has 46 heavy (non-hydrogen) atoms. The lowest BCUT2D eigenvalue weighted by Gasteiger charge is -2.34. The first kappa shape index (κ1) is 31.2. The number of piperazine rings is 1. The molecule has 3 heterocycles. The molecule has 0 unspecified atom stereocenters. The van der Waals surface area contributed by atoms with Gasteiger partial charge in [-0.05, 0) is 72.8 Å². The third-order valence-electron chi connectivity index (χ3n) is 7.55. The molecule has 12 nitrogen and oxygen atoms in total. The molecule has 0 bridgehead atoms. The Kier molecular flexibility index (Phi) is 9.30. The molecule has 0 saturated carbocycles. The van der Waals surface area contributed by atoms with Crippen LogP contribution < -0.4 is 20.1 Å². The molecule has 5 aromatic rings. The Balaban J connectivity index is 1.13. The molecule has 4 N–H and O–H groups in total. The van der Waals surface area contributed by atoms with E-state index in [-0.39, 0.29) is 22.5 Å². The highest BCUT2D eigenvalue weighted by molar-refractivity contribution is 7.93. The Labute approximate surface area is 270 Å². The molecule has 0 aliphatic carbocycles. The van der Waals surface area contributed by atoms with Gasteiger partial charge >= 0.3 is 0 Å². The summed E-state index contributed by atoms with van der Waals surface area (Å²) in [5.74, 6) is 0.993. The number of pyridine rings is 1. The van der Waals surface area contributed by atoms with Crippen LogP contribution in [-0.2, 0) is 10.0 Å². The number of benzene rings is 3. The van der Waals surface area contributed by atoms with E-state index in [1.165, 1.54) is 23.5 Å². The summed E-state index contributed by atoms with van der Waals surface area (Å²) in [4.78, 5) is 26.1. The average Bonchev–Trinajstić information content (AvgIpc) is 3.48. The number of aliphatic hydroxyl groups excluding tert-OH is 1. The van der Waals surface area contributed by atoms with Gasteiger partial charge in [-0.25, -0.2) is 18.4 Å². The van der Waals surface area contributed by atoms with Gasteiger partial charge in [0.1, 0.15) is 11.6 Å². The number of nitrogens with one attached hydrogen (secondary N) is 3. The minimum Gasteiger partial charge on any atom is -0.497 e. The Bertz CT molecular complexity index is 1930. The zero-order valence-electron chi connectivity index (χ0n) is 25.0. The number of nitrogens with zero attached hydrogens (tertiary/aromatic N) is 4. The number of carbonyl (C=O) groups is 1. The van der Waals surface area contributed by atoms with Crippen molar-refractivity contribution in [2.45, 2.75) is 4.90 Å². The molecule has 6 rings (SSSR count). The number of sulfonamides is 1. The van der Waals surface area contributed by atoms with Crippen molar-refractivity contribution in [3.05, 3.63) is 90.6 Å². The van der Waals surface area contributed by atoms with Gasteiger partial charge in [-0.1, -0.05) is 17.4 Å². The van der Waals surface area contributed by atoms with Gasteiger partial charge < -0.3 is 25.4 Å². The summed E-state index contributed by atoms with van der Waals surface area (Å²) < 4.78 is 35.2. The lowest BCUT2D eigenvalue weighted by Crippen LogP contribution is -2.49. The van der Waals surface area contributed by atoms with Crippen molar-refractivity contribution in [2.75, 3.05) is 61.8 Å². The van der Waals surface area contributed by atoms with E-state index in [0.29, 0.717) is 55.3 Å². The topological polar surface area (TPSA) is 149 Å². The summed E-state index contributed by atoms with van der Waals surface area (Å²) in [5, 5.41) is 15.9. The number of hydrogen-bond acceptors (Lipinski definition) is 11. The third-order valence-corrected chi connectivity index (χ3v) is 10.1. The highest BCUT2D eigenvalue weighted by Crippen LogP contribution is 2.35. The number of hydrogen-bond donors (Lipinski definition) is 4. The van der Waals surface area contributed by atoms with Crippen LogP contribution in [0.3, 0.4) is 0 Å². The second-order valence-electron chi connectivity index (χ2n) is 10.5. The van der Waals surface area contributed by atoms with Gasteiger partial charge in [0.05, 0.1) is 40.1 Å². The van der Waals surface area contributed by atoms with E-state index in [2.05, 4.69) is 30.2 Å². The van der Waals surface area contributed by atoms with E-state index < -0.39 is 10.0 Å². The summed E-state index contributed by atoms with van der Waals surface area (Å²) in [5.41, 5.74) is 3.32. The molecule has 0 radical (unpaired) electrons. The van der Waals surface area contributed by atoms with Gasteiger partial charge in [0.25, 0.3) is 15.9 Å². The molecular weight excluding hydrogens is 627 g/mol. The fourth-order valence-electron chi connectivity index (χ4n) is 5.11. The summed E-state index contributed by atoms with van der Waals surface area (Å²) in [7, 11) is -2.32. The van der Waals surface area contributed by atoms with E-state index in [1.807, 2.05) is 42.5 Å². The van der Waals surface area contributed by atoms with Crippen LogP contribution in [0, 0.1) is 0 Å². The predicted octanol–water partition coefficient (Wildman–Crippen LogP) is 4.74. The van der Waals surface area contributed by atoms with Crippen molar-refractivity contribution in [3.63, 3.8) is 0 Å². The molecule has 1 amide bonds. The minimum absolute atomic E-state index is 0.0620. The molecule has 1 aliphatic rings. The standard InChI is InChI=1S/C32H33N7O5S2/c1-44-24-11-7-22(8-12-24)34-27-5-2-6-28-29(27)45-32(36-28)37-46(42,43)25-13-9-23(10-14-25)35-30-26(4-3-15-33-30)31(41)39-18-16-38(17-19-39)20-21-40/h2-15,34,40H,16-21H2,1H3,(H,33,35)(H,36,37). The number of aliphatic hydroxyl groups is 1. The summed E-state index contributed by atoms with van der Waals surface area (Å²) in [6.45, 7) is 3.18. The molecule has 0 atom stereocenters. The zero-order chi connectivity index (χ0) is 32.1. The molecule has 1 saturated heterocycles. The number of methoxy groups -OCH3 is 1.